The Bertz CT molecular complexity index is 642. The molecule has 0 radical (unpaired) electrons. The van der Waals surface area contributed by atoms with E-state index in [1.165, 1.54) is 0 Å². The first kappa shape index (κ1) is 14.6. The summed E-state index contributed by atoms with van der Waals surface area (Å²) in [5.74, 6) is -1.22. The number of para-hydroxylation sites is 1. The van der Waals surface area contributed by atoms with Crippen LogP contribution in [0.15, 0.2) is 30.3 Å². The van der Waals surface area contributed by atoms with Crippen molar-refractivity contribution in [1.82, 2.24) is 4.98 Å². The van der Waals surface area contributed by atoms with Crippen molar-refractivity contribution in [3.63, 3.8) is 0 Å². The van der Waals surface area contributed by atoms with Gasteiger partial charge in [0.05, 0.1) is 10.7 Å². The molecule has 20 heavy (non-hydrogen) atoms. The Balaban J connectivity index is 2.58. The van der Waals surface area contributed by atoms with Gasteiger partial charge in [-0.3, -0.25) is 4.55 Å². The van der Waals surface area contributed by atoms with Crippen LogP contribution in [0.3, 0.4) is 0 Å². The fraction of sp³-hybridized carbons (Fsp3) is 0.167. The number of carboxylic acids is 1. The minimum Gasteiger partial charge on any atom is -0.476 e. The van der Waals surface area contributed by atoms with Crippen LogP contribution in [0.25, 0.3) is 0 Å². The van der Waals surface area contributed by atoms with E-state index in [-0.39, 0.29) is 10.7 Å². The van der Waals surface area contributed by atoms with Crippen LogP contribution in [0.4, 0.5) is 10.7 Å². The van der Waals surface area contributed by atoms with Gasteiger partial charge in [0.2, 0.25) is 0 Å². The molecule has 0 fully saturated rings. The Hall–Kier alpha value is -1.77. The molecule has 0 saturated heterocycles. The smallest absolute Gasteiger partial charge is 0.357 e. The molecule has 2 aromatic rings. The molecule has 0 aliphatic carbocycles. The summed E-state index contributed by atoms with van der Waals surface area (Å²) in [6, 6.07) is 8.44. The van der Waals surface area contributed by atoms with Crippen molar-refractivity contribution >= 4 is 39.3 Å². The molecular formula is C12H12N2O4S2. The molecule has 8 heteroatoms. The van der Waals surface area contributed by atoms with Gasteiger partial charge in [0.15, 0.2) is 5.69 Å². The largest absolute Gasteiger partial charge is 0.476 e. The lowest BCUT2D eigenvalue weighted by Crippen LogP contribution is -2.20. The zero-order valence-corrected chi connectivity index (χ0v) is 12.1. The van der Waals surface area contributed by atoms with E-state index in [1.54, 1.807) is 30.3 Å². The molecule has 0 aliphatic rings. The van der Waals surface area contributed by atoms with Crippen LogP contribution in [-0.4, -0.2) is 24.8 Å². The fourth-order valence-electron chi connectivity index (χ4n) is 1.63. The minimum atomic E-state index is -2.38. The fourth-order valence-corrected chi connectivity index (χ4v) is 3.38. The monoisotopic (exact) mass is 312 g/mol. The number of aryl methyl sites for hydroxylation is 1. The van der Waals surface area contributed by atoms with E-state index in [2.05, 4.69) is 4.98 Å². The third-order valence-electron chi connectivity index (χ3n) is 2.49. The lowest BCUT2D eigenvalue weighted by atomic mass is 10.3. The third kappa shape index (κ3) is 2.87. The molecule has 1 unspecified atom stereocenters. The van der Waals surface area contributed by atoms with Crippen molar-refractivity contribution in [3.8, 4) is 0 Å². The highest BCUT2D eigenvalue weighted by Gasteiger charge is 2.26. The standard InChI is InChI=1S/C12H12N2O4S2/c1-2-9-13-10(12(15)16)11(19-9)14(20(17)18)8-6-4-3-5-7-8/h3-7H,2H2,1H3,(H,15,16)(H,17,18). The van der Waals surface area contributed by atoms with E-state index in [0.717, 1.165) is 15.6 Å². The van der Waals surface area contributed by atoms with Crippen molar-refractivity contribution in [2.75, 3.05) is 4.31 Å². The molecular weight excluding hydrogens is 300 g/mol. The Labute approximate surface area is 122 Å². The Morgan fingerprint density at radius 2 is 2.05 bits per heavy atom. The summed E-state index contributed by atoms with van der Waals surface area (Å²) in [6.07, 6.45) is 0.561. The molecule has 1 aromatic heterocycles. The average molecular weight is 312 g/mol. The number of nitrogens with zero attached hydrogens (tertiary/aromatic N) is 2. The second-order valence-electron chi connectivity index (χ2n) is 3.78. The van der Waals surface area contributed by atoms with E-state index in [4.69, 9.17) is 0 Å². The van der Waals surface area contributed by atoms with Crippen LogP contribution in [0.2, 0.25) is 0 Å². The van der Waals surface area contributed by atoms with Crippen molar-refractivity contribution in [3.05, 3.63) is 41.0 Å². The Morgan fingerprint density at radius 3 is 2.55 bits per heavy atom. The van der Waals surface area contributed by atoms with Crippen LogP contribution >= 0.6 is 11.3 Å². The van der Waals surface area contributed by atoms with Crippen molar-refractivity contribution in [2.24, 2.45) is 0 Å². The summed E-state index contributed by atoms with van der Waals surface area (Å²) >= 11 is -1.28. The van der Waals surface area contributed by atoms with Crippen LogP contribution in [0.5, 0.6) is 0 Å². The Morgan fingerprint density at radius 1 is 1.40 bits per heavy atom. The zero-order valence-electron chi connectivity index (χ0n) is 10.5. The topological polar surface area (TPSA) is 90.7 Å². The van der Waals surface area contributed by atoms with E-state index in [1.807, 2.05) is 6.92 Å². The first-order valence-corrected chi connectivity index (χ1v) is 7.61. The molecule has 2 rings (SSSR count). The number of anilines is 2. The summed E-state index contributed by atoms with van der Waals surface area (Å²) < 4.78 is 22.1. The maximum absolute atomic E-state index is 11.6. The maximum Gasteiger partial charge on any atom is 0.357 e. The van der Waals surface area contributed by atoms with Gasteiger partial charge in [-0.25, -0.2) is 18.3 Å². The van der Waals surface area contributed by atoms with Crippen LogP contribution in [0, 0.1) is 0 Å². The number of thiazole rings is 1. The highest BCUT2D eigenvalue weighted by molar-refractivity contribution is 7.81. The second kappa shape index (κ2) is 6.12. The highest BCUT2D eigenvalue weighted by Crippen LogP contribution is 2.35. The number of hydrogen-bond acceptors (Lipinski definition) is 4. The van der Waals surface area contributed by atoms with Gasteiger partial charge in [-0.2, -0.15) is 0 Å². The van der Waals surface area contributed by atoms with Gasteiger partial charge < -0.3 is 5.11 Å². The summed E-state index contributed by atoms with van der Waals surface area (Å²) in [5, 5.41) is 9.94. The van der Waals surface area contributed by atoms with E-state index in [0.29, 0.717) is 17.1 Å². The van der Waals surface area contributed by atoms with E-state index in [9.17, 15) is 18.7 Å². The maximum atomic E-state index is 11.6. The number of benzene rings is 1. The molecule has 0 bridgehead atoms. The first-order chi connectivity index (χ1) is 9.54. The highest BCUT2D eigenvalue weighted by atomic mass is 32.2. The van der Waals surface area contributed by atoms with Gasteiger partial charge in [0.1, 0.15) is 5.00 Å². The molecule has 1 heterocycles. The number of rotatable bonds is 5. The lowest BCUT2D eigenvalue weighted by Gasteiger charge is -2.18. The van der Waals surface area contributed by atoms with E-state index >= 15 is 0 Å². The summed E-state index contributed by atoms with van der Waals surface area (Å²) in [4.78, 5) is 15.2. The molecule has 0 spiro atoms. The predicted octanol–water partition coefficient (Wildman–Crippen LogP) is 2.68. The molecule has 6 nitrogen and oxygen atoms in total. The van der Waals surface area contributed by atoms with Crippen LogP contribution in [0.1, 0.15) is 22.4 Å². The summed E-state index contributed by atoms with van der Waals surface area (Å²) in [5.41, 5.74) is 0.222. The molecule has 0 aliphatic heterocycles. The van der Waals surface area contributed by atoms with Gasteiger partial charge in [0, 0.05) is 0 Å². The van der Waals surface area contributed by atoms with Crippen LogP contribution in [-0.2, 0) is 17.7 Å². The van der Waals surface area contributed by atoms with E-state index < -0.39 is 17.2 Å². The Kier molecular flexibility index (Phi) is 4.48. The lowest BCUT2D eigenvalue weighted by molar-refractivity contribution is 0.0692. The van der Waals surface area contributed by atoms with Crippen LogP contribution < -0.4 is 4.31 Å². The van der Waals surface area contributed by atoms with Gasteiger partial charge >= 0.3 is 5.97 Å². The molecule has 1 atom stereocenters. The summed E-state index contributed by atoms with van der Waals surface area (Å²) in [7, 11) is 0. The molecule has 0 amide bonds. The normalized spacial score (nSPS) is 12.1. The van der Waals surface area contributed by atoms with Gasteiger partial charge in [-0.05, 0) is 18.6 Å². The molecule has 106 valence electrons. The quantitative estimate of drug-likeness (QED) is 0.828. The number of aromatic carboxylic acids is 1. The van der Waals surface area contributed by atoms with Gasteiger partial charge in [-0.15, -0.1) is 0 Å². The number of hydrogen-bond donors (Lipinski definition) is 2. The predicted molar refractivity (Wildman–Crippen MR) is 77.8 cm³/mol. The number of carboxylic acid groups (broad SMARTS) is 1. The van der Waals surface area contributed by atoms with Crippen molar-refractivity contribution in [2.45, 2.75) is 13.3 Å². The number of aromatic nitrogens is 1. The molecule has 2 N–H and O–H groups in total. The molecule has 1 aromatic carbocycles. The second-order valence-corrected chi connectivity index (χ2v) is 5.67. The number of carbonyl (C=O) groups is 1. The van der Waals surface area contributed by atoms with Crippen molar-refractivity contribution < 1.29 is 18.7 Å². The van der Waals surface area contributed by atoms with Gasteiger partial charge in [0.25, 0.3) is 11.3 Å². The molecule has 0 saturated carbocycles. The minimum absolute atomic E-state index is 0.154. The zero-order chi connectivity index (χ0) is 14.7. The summed E-state index contributed by atoms with van der Waals surface area (Å²) in [6.45, 7) is 1.84. The van der Waals surface area contributed by atoms with Crippen molar-refractivity contribution in [1.29, 1.82) is 0 Å². The first-order valence-electron chi connectivity index (χ1n) is 5.73. The SMILES string of the molecule is CCc1nc(C(=O)O)c(N(c2ccccc2)S(=O)O)s1. The van der Waals surface area contributed by atoms with Gasteiger partial charge in [-0.1, -0.05) is 36.5 Å². The third-order valence-corrected chi connectivity index (χ3v) is 4.50. The average Bonchev–Trinajstić information content (AvgIpc) is 2.84.